The van der Waals surface area contributed by atoms with Gasteiger partial charge in [0.05, 0.1) is 0 Å². The molecule has 1 saturated carbocycles. The van der Waals surface area contributed by atoms with E-state index in [1.807, 2.05) is 0 Å². The first-order chi connectivity index (χ1) is 8.59. The van der Waals surface area contributed by atoms with E-state index >= 15 is 0 Å². The van der Waals surface area contributed by atoms with Crippen molar-refractivity contribution in [1.29, 1.82) is 0 Å². The fourth-order valence-corrected chi connectivity index (χ4v) is 3.62. The van der Waals surface area contributed by atoms with E-state index in [9.17, 15) is 8.78 Å². The van der Waals surface area contributed by atoms with Gasteiger partial charge in [-0.05, 0) is 42.7 Å². The third-order valence-corrected chi connectivity index (χ3v) is 5.02. The summed E-state index contributed by atoms with van der Waals surface area (Å²) in [5.41, 5.74) is 0.509. The summed E-state index contributed by atoms with van der Waals surface area (Å²) < 4.78 is 26.8. The Labute approximate surface area is 112 Å². The van der Waals surface area contributed by atoms with Gasteiger partial charge in [-0.2, -0.15) is 0 Å². The van der Waals surface area contributed by atoms with Crippen LogP contribution >= 0.6 is 11.6 Å². The quantitative estimate of drug-likeness (QED) is 0.670. The van der Waals surface area contributed by atoms with Crippen LogP contribution in [0.25, 0.3) is 0 Å². The van der Waals surface area contributed by atoms with Crippen molar-refractivity contribution in [1.82, 2.24) is 0 Å². The lowest BCUT2D eigenvalue weighted by atomic mass is 9.77. The molecule has 3 heteroatoms. The predicted octanol–water partition coefficient (Wildman–Crippen LogP) is 5.09. The normalized spacial score (nSPS) is 20.0. The standard InChI is InChI=1S/C15H19ClF2/c1-2-15(8-3-4-9-15)13(16)10-11-6-5-7-12(17)14(11)18/h5-7,13H,2-4,8-10H2,1H3. The van der Waals surface area contributed by atoms with E-state index in [2.05, 4.69) is 6.92 Å². The third-order valence-electron chi connectivity index (χ3n) is 4.40. The first kappa shape index (κ1) is 13.8. The summed E-state index contributed by atoms with van der Waals surface area (Å²) in [5, 5.41) is -0.110. The molecule has 0 aromatic heterocycles. The molecule has 0 spiro atoms. The van der Waals surface area contributed by atoms with Gasteiger partial charge in [0, 0.05) is 5.38 Å². The van der Waals surface area contributed by atoms with Crippen molar-refractivity contribution in [3.8, 4) is 0 Å². The number of alkyl halides is 1. The van der Waals surface area contributed by atoms with Gasteiger partial charge in [0.15, 0.2) is 11.6 Å². The zero-order valence-electron chi connectivity index (χ0n) is 10.7. The fourth-order valence-electron chi connectivity index (χ4n) is 3.08. The van der Waals surface area contributed by atoms with Crippen molar-refractivity contribution in [3.05, 3.63) is 35.4 Å². The molecule has 1 unspecified atom stereocenters. The third kappa shape index (κ3) is 2.54. The summed E-state index contributed by atoms with van der Waals surface area (Å²) in [4.78, 5) is 0. The van der Waals surface area contributed by atoms with Crippen LogP contribution in [0, 0.1) is 17.0 Å². The Morgan fingerprint density at radius 2 is 1.94 bits per heavy atom. The largest absolute Gasteiger partial charge is 0.204 e. The Morgan fingerprint density at radius 3 is 2.56 bits per heavy atom. The molecule has 2 rings (SSSR count). The molecular formula is C15H19ClF2. The average molecular weight is 273 g/mol. The highest BCUT2D eigenvalue weighted by atomic mass is 35.5. The second kappa shape index (κ2) is 5.56. The first-order valence-corrected chi connectivity index (χ1v) is 7.09. The topological polar surface area (TPSA) is 0 Å². The number of halogens is 3. The van der Waals surface area contributed by atoms with Gasteiger partial charge in [-0.1, -0.05) is 31.9 Å². The molecule has 100 valence electrons. The van der Waals surface area contributed by atoms with E-state index in [-0.39, 0.29) is 10.8 Å². The molecule has 1 aliphatic rings. The summed E-state index contributed by atoms with van der Waals surface area (Å²) in [6.07, 6.45) is 6.03. The summed E-state index contributed by atoms with van der Waals surface area (Å²) in [6.45, 7) is 2.14. The van der Waals surface area contributed by atoms with Crippen LogP contribution in [0.1, 0.15) is 44.6 Å². The lowest BCUT2D eigenvalue weighted by Crippen LogP contribution is -2.29. The van der Waals surface area contributed by atoms with E-state index in [4.69, 9.17) is 11.6 Å². The van der Waals surface area contributed by atoms with Crippen LogP contribution in [0.2, 0.25) is 0 Å². The monoisotopic (exact) mass is 272 g/mol. The second-order valence-corrected chi connectivity index (χ2v) is 5.83. The first-order valence-electron chi connectivity index (χ1n) is 6.66. The van der Waals surface area contributed by atoms with Gasteiger partial charge in [0.25, 0.3) is 0 Å². The maximum atomic E-state index is 13.6. The Bertz CT molecular complexity index is 411. The molecule has 0 amide bonds. The van der Waals surface area contributed by atoms with Crippen LogP contribution in [0.4, 0.5) is 8.78 Å². The zero-order valence-corrected chi connectivity index (χ0v) is 11.4. The van der Waals surface area contributed by atoms with Gasteiger partial charge in [0.1, 0.15) is 0 Å². The number of hydrogen-bond acceptors (Lipinski definition) is 0. The van der Waals surface area contributed by atoms with Crippen LogP contribution < -0.4 is 0 Å². The van der Waals surface area contributed by atoms with E-state index in [1.54, 1.807) is 12.1 Å². The van der Waals surface area contributed by atoms with Crippen LogP contribution in [-0.4, -0.2) is 5.38 Å². The van der Waals surface area contributed by atoms with Crippen molar-refractivity contribution in [2.45, 2.75) is 50.8 Å². The minimum Gasteiger partial charge on any atom is -0.204 e. The number of rotatable bonds is 4. The molecule has 1 fully saturated rings. The van der Waals surface area contributed by atoms with Crippen molar-refractivity contribution in [3.63, 3.8) is 0 Å². The predicted molar refractivity (Wildman–Crippen MR) is 70.9 cm³/mol. The SMILES string of the molecule is CCC1(C(Cl)Cc2cccc(F)c2F)CCCC1. The minimum atomic E-state index is -0.784. The molecule has 0 radical (unpaired) electrons. The average Bonchev–Trinajstić information content (AvgIpc) is 2.85. The van der Waals surface area contributed by atoms with Crippen molar-refractivity contribution >= 4 is 11.6 Å². The molecule has 1 aromatic rings. The van der Waals surface area contributed by atoms with Crippen LogP contribution in [-0.2, 0) is 6.42 Å². The minimum absolute atomic E-state index is 0.110. The van der Waals surface area contributed by atoms with Gasteiger partial charge in [-0.15, -0.1) is 11.6 Å². The summed E-state index contributed by atoms with van der Waals surface area (Å²) >= 11 is 6.51. The molecule has 0 aliphatic heterocycles. The molecule has 1 aliphatic carbocycles. The zero-order chi connectivity index (χ0) is 13.2. The lowest BCUT2D eigenvalue weighted by molar-refractivity contribution is 0.265. The second-order valence-electron chi connectivity index (χ2n) is 5.31. The van der Waals surface area contributed by atoms with E-state index in [1.165, 1.54) is 12.8 Å². The van der Waals surface area contributed by atoms with Gasteiger partial charge in [-0.3, -0.25) is 0 Å². The molecule has 0 heterocycles. The molecule has 1 aromatic carbocycles. The van der Waals surface area contributed by atoms with Gasteiger partial charge in [0.2, 0.25) is 0 Å². The van der Waals surface area contributed by atoms with Crippen LogP contribution in [0.3, 0.4) is 0 Å². The Kier molecular flexibility index (Phi) is 4.26. The number of benzene rings is 1. The molecule has 1 atom stereocenters. The van der Waals surface area contributed by atoms with Crippen molar-refractivity contribution in [2.75, 3.05) is 0 Å². The molecule has 0 bridgehead atoms. The van der Waals surface area contributed by atoms with Crippen LogP contribution in [0.15, 0.2) is 18.2 Å². The van der Waals surface area contributed by atoms with Crippen molar-refractivity contribution in [2.24, 2.45) is 5.41 Å². The summed E-state index contributed by atoms with van der Waals surface area (Å²) in [7, 11) is 0. The van der Waals surface area contributed by atoms with E-state index in [0.29, 0.717) is 12.0 Å². The molecule has 0 saturated heterocycles. The van der Waals surface area contributed by atoms with E-state index < -0.39 is 11.6 Å². The lowest BCUT2D eigenvalue weighted by Gasteiger charge is -2.33. The fraction of sp³-hybridized carbons (Fsp3) is 0.600. The summed E-state index contributed by atoms with van der Waals surface area (Å²) in [6, 6.07) is 4.32. The van der Waals surface area contributed by atoms with Crippen molar-refractivity contribution < 1.29 is 8.78 Å². The smallest absolute Gasteiger partial charge is 0.162 e. The van der Waals surface area contributed by atoms with Gasteiger partial charge < -0.3 is 0 Å². The van der Waals surface area contributed by atoms with Gasteiger partial charge in [-0.25, -0.2) is 8.78 Å². The molecule has 0 N–H and O–H groups in total. The maximum Gasteiger partial charge on any atom is 0.162 e. The molecular weight excluding hydrogens is 254 g/mol. The summed E-state index contributed by atoms with van der Waals surface area (Å²) in [5.74, 6) is -1.53. The Balaban J connectivity index is 2.15. The maximum absolute atomic E-state index is 13.6. The highest BCUT2D eigenvalue weighted by molar-refractivity contribution is 6.21. The highest BCUT2D eigenvalue weighted by Gasteiger charge is 2.39. The van der Waals surface area contributed by atoms with Gasteiger partial charge >= 0.3 is 0 Å². The van der Waals surface area contributed by atoms with E-state index in [0.717, 1.165) is 25.3 Å². The Morgan fingerprint density at radius 1 is 1.28 bits per heavy atom. The molecule has 0 nitrogen and oxygen atoms in total. The highest BCUT2D eigenvalue weighted by Crippen LogP contribution is 2.47. The van der Waals surface area contributed by atoms with Crippen LogP contribution in [0.5, 0.6) is 0 Å². The number of hydrogen-bond donors (Lipinski definition) is 0. The molecule has 18 heavy (non-hydrogen) atoms. The Hall–Kier alpha value is -0.630.